The molecule has 0 saturated heterocycles. The van der Waals surface area contributed by atoms with E-state index in [-0.39, 0.29) is 18.9 Å². The van der Waals surface area contributed by atoms with Crippen LogP contribution in [0.3, 0.4) is 0 Å². The molecule has 152 valence electrons. The molecule has 2 atom stereocenters. The number of hydrogen-bond acceptors (Lipinski definition) is 8. The monoisotopic (exact) mass is 401 g/mol. The predicted molar refractivity (Wildman–Crippen MR) is 99.7 cm³/mol. The van der Waals surface area contributed by atoms with Crippen LogP contribution in [0.2, 0.25) is 0 Å². The average Bonchev–Trinajstić information content (AvgIpc) is 2.50. The maximum atomic E-state index is 12.8. The molecule has 0 bridgehead atoms. The number of rotatable bonds is 8. The molecule has 0 heterocycles. The summed E-state index contributed by atoms with van der Waals surface area (Å²) in [7, 11) is -3.68. The predicted octanol–water partition coefficient (Wildman–Crippen LogP) is 1.59. The van der Waals surface area contributed by atoms with Crippen LogP contribution in [0.4, 0.5) is 0 Å². The van der Waals surface area contributed by atoms with Gasteiger partial charge in [0.1, 0.15) is 11.4 Å². The van der Waals surface area contributed by atoms with Gasteiger partial charge in [0.05, 0.1) is 24.7 Å². The fourth-order valence-electron chi connectivity index (χ4n) is 2.42. The van der Waals surface area contributed by atoms with Crippen molar-refractivity contribution in [2.24, 2.45) is 11.7 Å². The van der Waals surface area contributed by atoms with Crippen LogP contribution in [-0.4, -0.2) is 45.4 Å². The van der Waals surface area contributed by atoms with Gasteiger partial charge in [-0.05, 0) is 45.4 Å². The van der Waals surface area contributed by atoms with Crippen molar-refractivity contribution in [3.8, 4) is 5.75 Å². The van der Waals surface area contributed by atoms with Gasteiger partial charge in [-0.25, -0.2) is 0 Å². The fourth-order valence-corrected chi connectivity index (χ4v) is 2.88. The topological polar surface area (TPSA) is 122 Å². The number of esters is 2. The average molecular weight is 401 g/mol. The highest BCUT2D eigenvalue weighted by atomic mass is 32.2. The summed E-state index contributed by atoms with van der Waals surface area (Å²) in [6.07, 6.45) is 0.926. The number of nitrogens with two attached hydrogens (primary N) is 1. The number of carbonyl (C=O) groups excluding carboxylic acids is 2. The minimum Gasteiger partial charge on any atom is -0.466 e. The van der Waals surface area contributed by atoms with E-state index in [1.165, 1.54) is 24.3 Å². The Hall–Kier alpha value is -2.13. The zero-order valence-electron chi connectivity index (χ0n) is 16.2. The van der Waals surface area contributed by atoms with Crippen LogP contribution in [0.1, 0.15) is 39.2 Å². The molecule has 1 aromatic carbocycles. The summed E-state index contributed by atoms with van der Waals surface area (Å²) in [5.41, 5.74) is 5.42. The highest BCUT2D eigenvalue weighted by molar-refractivity contribution is 7.86. The molecule has 0 aliphatic heterocycles. The molecule has 0 aliphatic rings. The Balaban J connectivity index is 3.27. The number of ether oxygens (including phenoxy) is 2. The zero-order valence-corrected chi connectivity index (χ0v) is 17.0. The molecule has 0 aromatic heterocycles. The molecule has 8 nitrogen and oxygen atoms in total. The maximum absolute atomic E-state index is 12.8. The van der Waals surface area contributed by atoms with Gasteiger partial charge in [-0.1, -0.05) is 12.1 Å². The van der Waals surface area contributed by atoms with Crippen molar-refractivity contribution in [1.29, 1.82) is 0 Å². The van der Waals surface area contributed by atoms with E-state index in [4.69, 9.17) is 19.4 Å². The van der Waals surface area contributed by atoms with E-state index in [1.54, 1.807) is 27.7 Å². The van der Waals surface area contributed by atoms with E-state index in [9.17, 15) is 18.0 Å². The van der Waals surface area contributed by atoms with Crippen molar-refractivity contribution in [2.75, 3.05) is 19.4 Å². The molecule has 1 rings (SSSR count). The smallest absolute Gasteiger partial charge is 0.314 e. The second kappa shape index (κ2) is 9.18. The third kappa shape index (κ3) is 7.56. The zero-order chi connectivity index (χ0) is 20.8. The van der Waals surface area contributed by atoms with Crippen LogP contribution in [0, 0.1) is 5.92 Å². The van der Waals surface area contributed by atoms with Gasteiger partial charge in [-0.15, -0.1) is 0 Å². The van der Waals surface area contributed by atoms with Crippen LogP contribution < -0.4 is 9.92 Å². The Labute approximate surface area is 160 Å². The number of carbonyl (C=O) groups is 2. The highest BCUT2D eigenvalue weighted by Gasteiger charge is 2.38. The minimum atomic E-state index is -3.68. The molecule has 0 spiro atoms. The van der Waals surface area contributed by atoms with Gasteiger partial charge in [0, 0.05) is 6.54 Å². The number of hydrogen-bond donors (Lipinski definition) is 1. The van der Waals surface area contributed by atoms with Gasteiger partial charge in [0.15, 0.2) is 0 Å². The summed E-state index contributed by atoms with van der Waals surface area (Å²) in [6.45, 7) is 6.83. The van der Waals surface area contributed by atoms with Gasteiger partial charge in [-0.2, -0.15) is 8.42 Å². The van der Waals surface area contributed by atoms with Crippen molar-refractivity contribution in [3.63, 3.8) is 0 Å². The standard InChI is InChI=1S/C18H27NO7S/c1-6-24-16(20)14(11-19)15(17(21)25-18(2,3)4)12-7-9-13(10-8-12)26-27(5,22)23/h7-10,14-15H,6,11,19H2,1-5H3. The first-order chi connectivity index (χ1) is 12.4. The van der Waals surface area contributed by atoms with E-state index in [0.29, 0.717) is 5.56 Å². The van der Waals surface area contributed by atoms with Crippen molar-refractivity contribution in [2.45, 2.75) is 39.2 Å². The second-order valence-corrected chi connectivity index (χ2v) is 8.54. The summed E-state index contributed by atoms with van der Waals surface area (Å²) in [6, 6.07) is 5.78. The first-order valence-corrected chi connectivity index (χ1v) is 10.3. The molecule has 1 aromatic rings. The molecule has 0 fully saturated rings. The van der Waals surface area contributed by atoms with Gasteiger partial charge in [0.25, 0.3) is 0 Å². The quantitative estimate of drug-likeness (QED) is 0.515. The lowest BCUT2D eigenvalue weighted by molar-refractivity contribution is -0.163. The summed E-state index contributed by atoms with van der Waals surface area (Å²) < 4.78 is 37.7. The van der Waals surface area contributed by atoms with E-state index in [0.717, 1.165) is 6.26 Å². The largest absolute Gasteiger partial charge is 0.466 e. The molecule has 0 saturated carbocycles. The summed E-state index contributed by atoms with van der Waals surface area (Å²) in [4.78, 5) is 25.1. The lowest BCUT2D eigenvalue weighted by Gasteiger charge is -2.28. The summed E-state index contributed by atoms with van der Waals surface area (Å²) >= 11 is 0. The van der Waals surface area contributed by atoms with E-state index in [1.807, 2.05) is 0 Å². The van der Waals surface area contributed by atoms with Gasteiger partial charge < -0.3 is 19.4 Å². The fraction of sp³-hybridized carbons (Fsp3) is 0.556. The van der Waals surface area contributed by atoms with Crippen LogP contribution in [0.15, 0.2) is 24.3 Å². The van der Waals surface area contributed by atoms with E-state index >= 15 is 0 Å². The normalized spacial score (nSPS) is 14.1. The minimum absolute atomic E-state index is 0.0876. The molecule has 9 heteroatoms. The SMILES string of the molecule is CCOC(=O)C(CN)C(C(=O)OC(C)(C)C)c1ccc(OS(C)(=O)=O)cc1. The Kier molecular flexibility index (Phi) is 7.79. The van der Waals surface area contributed by atoms with Crippen LogP contribution >= 0.6 is 0 Å². The van der Waals surface area contributed by atoms with Crippen molar-refractivity contribution < 1.29 is 31.7 Å². The molecule has 0 amide bonds. The lowest BCUT2D eigenvalue weighted by Crippen LogP contribution is -2.38. The Morgan fingerprint density at radius 1 is 1.11 bits per heavy atom. The van der Waals surface area contributed by atoms with Crippen molar-refractivity contribution in [3.05, 3.63) is 29.8 Å². The first kappa shape index (κ1) is 22.9. The third-order valence-electron chi connectivity index (χ3n) is 3.39. The summed E-state index contributed by atoms with van der Waals surface area (Å²) in [5, 5.41) is 0. The maximum Gasteiger partial charge on any atom is 0.314 e. The van der Waals surface area contributed by atoms with Crippen molar-refractivity contribution >= 4 is 22.1 Å². The molecule has 0 radical (unpaired) electrons. The Morgan fingerprint density at radius 3 is 2.07 bits per heavy atom. The third-order valence-corrected chi connectivity index (χ3v) is 3.89. The van der Waals surface area contributed by atoms with Gasteiger partial charge in [-0.3, -0.25) is 9.59 Å². The second-order valence-electron chi connectivity index (χ2n) is 6.96. The van der Waals surface area contributed by atoms with Crippen LogP contribution in [-0.2, 0) is 29.2 Å². The summed E-state index contributed by atoms with van der Waals surface area (Å²) in [5.74, 6) is -3.08. The number of benzene rings is 1. The molecule has 0 aliphatic carbocycles. The molecular weight excluding hydrogens is 374 g/mol. The first-order valence-electron chi connectivity index (χ1n) is 8.47. The van der Waals surface area contributed by atoms with Gasteiger partial charge >= 0.3 is 22.1 Å². The molecule has 2 unspecified atom stereocenters. The Morgan fingerprint density at radius 2 is 1.67 bits per heavy atom. The molecular formula is C18H27NO7S. The highest BCUT2D eigenvalue weighted by Crippen LogP contribution is 2.30. The van der Waals surface area contributed by atoms with Gasteiger partial charge in [0.2, 0.25) is 0 Å². The van der Waals surface area contributed by atoms with E-state index < -0.39 is 39.5 Å². The van der Waals surface area contributed by atoms with Crippen LogP contribution in [0.5, 0.6) is 5.75 Å². The molecule has 2 N–H and O–H groups in total. The Bertz CT molecular complexity index is 751. The van der Waals surface area contributed by atoms with Crippen molar-refractivity contribution in [1.82, 2.24) is 0 Å². The van der Waals surface area contributed by atoms with Crippen LogP contribution in [0.25, 0.3) is 0 Å². The lowest BCUT2D eigenvalue weighted by atomic mass is 9.85. The van der Waals surface area contributed by atoms with E-state index in [2.05, 4.69) is 0 Å². The molecule has 27 heavy (non-hydrogen) atoms.